The van der Waals surface area contributed by atoms with E-state index in [0.717, 1.165) is 55.6 Å². The van der Waals surface area contributed by atoms with E-state index in [4.69, 9.17) is 15.0 Å². The van der Waals surface area contributed by atoms with Gasteiger partial charge >= 0.3 is 0 Å². The van der Waals surface area contributed by atoms with E-state index in [1.807, 2.05) is 30.5 Å². The Morgan fingerprint density at radius 2 is 1.34 bits per heavy atom. The van der Waals surface area contributed by atoms with Gasteiger partial charge in [0.15, 0.2) is 0 Å². The van der Waals surface area contributed by atoms with Crippen molar-refractivity contribution in [2.45, 2.75) is 0 Å². The molecule has 5 aromatic rings. The Kier molecular flexibility index (Phi) is 3.55. The maximum atomic E-state index is 5.04. The summed E-state index contributed by atoms with van der Waals surface area (Å²) < 4.78 is 0. The zero-order valence-corrected chi connectivity index (χ0v) is 17.2. The fourth-order valence-corrected chi connectivity index (χ4v) is 4.88. The number of para-hydroxylation sites is 1. The summed E-state index contributed by atoms with van der Waals surface area (Å²) in [4.78, 5) is 14.8. The predicted octanol–water partition coefficient (Wildman–Crippen LogP) is 5.90. The Balaban J connectivity index is 1.63. The molecular weight excluding hydrogens is 390 g/mol. The van der Waals surface area contributed by atoms with Crippen molar-refractivity contribution in [1.82, 2.24) is 4.98 Å². The molecule has 2 aliphatic heterocycles. The van der Waals surface area contributed by atoms with Gasteiger partial charge in [0.25, 0.3) is 0 Å². The predicted molar refractivity (Wildman–Crippen MR) is 126 cm³/mol. The van der Waals surface area contributed by atoms with Crippen LogP contribution in [0.15, 0.2) is 113 Å². The maximum absolute atomic E-state index is 5.04. The van der Waals surface area contributed by atoms with Crippen LogP contribution in [0.25, 0.3) is 33.5 Å². The van der Waals surface area contributed by atoms with Crippen LogP contribution in [0.1, 0.15) is 0 Å². The van der Waals surface area contributed by atoms with Gasteiger partial charge in [-0.3, -0.25) is 4.98 Å². The molecule has 32 heavy (non-hydrogen) atoms. The van der Waals surface area contributed by atoms with E-state index in [0.29, 0.717) is 0 Å². The van der Waals surface area contributed by atoms with Crippen LogP contribution < -0.4 is 10.7 Å². The lowest BCUT2D eigenvalue weighted by atomic mass is 9.88. The summed E-state index contributed by atoms with van der Waals surface area (Å²) in [5.41, 5.74) is 8.57. The van der Waals surface area contributed by atoms with Crippen LogP contribution in [0.2, 0.25) is 0 Å². The molecule has 4 aromatic carbocycles. The minimum absolute atomic E-state index is 0.944. The first-order chi connectivity index (χ1) is 15.9. The highest BCUT2D eigenvalue weighted by atomic mass is 14.8. The van der Waals surface area contributed by atoms with Gasteiger partial charge in [0.05, 0.1) is 27.8 Å². The molecule has 3 nitrogen and oxygen atoms in total. The molecule has 7 rings (SSSR count). The van der Waals surface area contributed by atoms with Crippen molar-refractivity contribution in [3.8, 4) is 33.5 Å². The quantitative estimate of drug-likeness (QED) is 0.352. The lowest BCUT2D eigenvalue weighted by molar-refractivity contribution is 1.32. The lowest BCUT2D eigenvalue weighted by Gasteiger charge is -2.15. The number of nitrogens with zero attached hydrogens (tertiary/aromatic N) is 3. The summed E-state index contributed by atoms with van der Waals surface area (Å²) in [5, 5.41) is 4.33. The molecule has 148 valence electrons. The van der Waals surface area contributed by atoms with E-state index < -0.39 is 0 Å². The summed E-state index contributed by atoms with van der Waals surface area (Å²) in [5.74, 6) is 0. The number of pyridine rings is 1. The molecule has 0 aliphatic carbocycles. The number of aromatic nitrogens is 1. The minimum atomic E-state index is 0.944. The highest BCUT2D eigenvalue weighted by Crippen LogP contribution is 2.48. The Hall–Kier alpha value is -4.37. The molecule has 0 amide bonds. The SMILES string of the molecule is c1ccc(-c2ccc3c(c2-c2ccccn2)-c2c4c(ccc2=N3)=c2ccccc2=N4)cc1. The zero-order valence-electron chi connectivity index (χ0n) is 17.2. The second-order valence-electron chi connectivity index (χ2n) is 8.06. The summed E-state index contributed by atoms with van der Waals surface area (Å²) in [7, 11) is 0. The van der Waals surface area contributed by atoms with Crippen LogP contribution in [0.4, 0.5) is 11.4 Å². The average molecular weight is 407 g/mol. The fraction of sp³-hybridized carbons (Fsp3) is 0. The fourth-order valence-electron chi connectivity index (χ4n) is 4.88. The average Bonchev–Trinajstić information content (AvgIpc) is 3.42. The molecule has 0 fully saturated rings. The zero-order chi connectivity index (χ0) is 21.1. The highest BCUT2D eigenvalue weighted by molar-refractivity contribution is 6.02. The first kappa shape index (κ1) is 17.3. The van der Waals surface area contributed by atoms with Crippen LogP contribution in [0.3, 0.4) is 0 Å². The summed E-state index contributed by atoms with van der Waals surface area (Å²) in [6.07, 6.45) is 1.85. The van der Waals surface area contributed by atoms with E-state index in [2.05, 4.69) is 72.8 Å². The smallest absolute Gasteiger partial charge is 0.0817 e. The second-order valence-corrected chi connectivity index (χ2v) is 8.06. The molecule has 3 heterocycles. The standard InChI is InChI=1S/C29H17N3/c1-2-8-18(9-3-1)19-13-15-24-27(26(19)23-12-6-7-17-30-23)28-25(31-24)16-14-21-20-10-4-5-11-22(20)32-29(21)28/h1-17H. The number of fused-ring (bicyclic) bond motifs is 6. The van der Waals surface area contributed by atoms with Gasteiger partial charge in [0.1, 0.15) is 0 Å². The molecule has 0 radical (unpaired) electrons. The van der Waals surface area contributed by atoms with Crippen LogP contribution in [0.5, 0.6) is 0 Å². The summed E-state index contributed by atoms with van der Waals surface area (Å²) >= 11 is 0. The first-order valence-electron chi connectivity index (χ1n) is 10.7. The van der Waals surface area contributed by atoms with E-state index in [1.54, 1.807) is 0 Å². The molecule has 0 unspecified atom stereocenters. The number of rotatable bonds is 2. The van der Waals surface area contributed by atoms with Crippen molar-refractivity contribution in [2.75, 3.05) is 0 Å². The van der Waals surface area contributed by atoms with E-state index in [9.17, 15) is 0 Å². The van der Waals surface area contributed by atoms with Gasteiger partial charge < -0.3 is 0 Å². The minimum Gasteiger partial charge on any atom is -0.256 e. The molecule has 0 spiro atoms. The van der Waals surface area contributed by atoms with Gasteiger partial charge in [0.2, 0.25) is 0 Å². The summed E-state index contributed by atoms with van der Waals surface area (Å²) in [6.45, 7) is 0. The topological polar surface area (TPSA) is 37.6 Å². The largest absolute Gasteiger partial charge is 0.256 e. The number of hydrogen-bond acceptors (Lipinski definition) is 3. The lowest BCUT2D eigenvalue weighted by Crippen LogP contribution is -2.01. The molecule has 0 bridgehead atoms. The molecule has 1 aromatic heterocycles. The Morgan fingerprint density at radius 1 is 0.500 bits per heavy atom. The van der Waals surface area contributed by atoms with Crippen LogP contribution in [0, 0.1) is 10.4 Å². The third kappa shape index (κ3) is 2.39. The molecule has 0 saturated heterocycles. The number of benzene rings is 4. The Labute approximate surface area is 184 Å². The third-order valence-electron chi connectivity index (χ3n) is 6.26. The van der Waals surface area contributed by atoms with Crippen molar-refractivity contribution < 1.29 is 0 Å². The Morgan fingerprint density at radius 3 is 2.22 bits per heavy atom. The summed E-state index contributed by atoms with van der Waals surface area (Å²) in [6, 6.07) is 33.5. The van der Waals surface area contributed by atoms with Gasteiger partial charge in [-0.15, -0.1) is 0 Å². The van der Waals surface area contributed by atoms with Gasteiger partial charge in [-0.05, 0) is 47.5 Å². The van der Waals surface area contributed by atoms with E-state index in [1.165, 1.54) is 10.4 Å². The normalized spacial score (nSPS) is 12.2. The van der Waals surface area contributed by atoms with Crippen molar-refractivity contribution in [1.29, 1.82) is 0 Å². The van der Waals surface area contributed by atoms with Crippen LogP contribution in [-0.2, 0) is 0 Å². The maximum Gasteiger partial charge on any atom is 0.0817 e. The van der Waals surface area contributed by atoms with Gasteiger partial charge in [-0.25, -0.2) is 9.98 Å². The Bertz CT molecular complexity index is 1760. The van der Waals surface area contributed by atoms with E-state index >= 15 is 0 Å². The first-order valence-corrected chi connectivity index (χ1v) is 10.7. The second kappa shape index (κ2) is 6.56. The van der Waals surface area contributed by atoms with Crippen LogP contribution in [-0.4, -0.2) is 4.98 Å². The van der Waals surface area contributed by atoms with Gasteiger partial charge in [-0.2, -0.15) is 0 Å². The monoisotopic (exact) mass is 407 g/mol. The van der Waals surface area contributed by atoms with Crippen molar-refractivity contribution in [3.05, 3.63) is 124 Å². The van der Waals surface area contributed by atoms with Crippen molar-refractivity contribution >= 4 is 11.4 Å². The highest BCUT2D eigenvalue weighted by Gasteiger charge is 2.26. The molecule has 0 atom stereocenters. The van der Waals surface area contributed by atoms with Crippen molar-refractivity contribution in [3.63, 3.8) is 0 Å². The molecule has 0 N–H and O–H groups in total. The van der Waals surface area contributed by atoms with Gasteiger partial charge in [0, 0.05) is 33.3 Å². The molecule has 3 heteroatoms. The van der Waals surface area contributed by atoms with E-state index in [-0.39, 0.29) is 0 Å². The third-order valence-corrected chi connectivity index (χ3v) is 6.26. The van der Waals surface area contributed by atoms with Crippen molar-refractivity contribution in [2.24, 2.45) is 9.98 Å². The van der Waals surface area contributed by atoms with Crippen LogP contribution >= 0.6 is 0 Å². The molecule has 2 aliphatic rings. The van der Waals surface area contributed by atoms with Gasteiger partial charge in [-0.1, -0.05) is 60.7 Å². The molecule has 0 saturated carbocycles. The number of hydrogen-bond donors (Lipinski definition) is 0. The molecular formula is C29H17N3.